The third-order valence-corrected chi connectivity index (χ3v) is 5.74. The lowest BCUT2D eigenvalue weighted by Gasteiger charge is -2.37. The quantitative estimate of drug-likeness (QED) is 0.741. The second-order valence-electron chi connectivity index (χ2n) is 6.70. The number of hydrogen-bond acceptors (Lipinski definition) is 4. The van der Waals surface area contributed by atoms with Gasteiger partial charge in [-0.3, -0.25) is 0 Å². The molecule has 0 spiro atoms. The van der Waals surface area contributed by atoms with Crippen molar-refractivity contribution in [1.29, 1.82) is 5.26 Å². The van der Waals surface area contributed by atoms with Gasteiger partial charge in [0.05, 0.1) is 21.8 Å². The van der Waals surface area contributed by atoms with Gasteiger partial charge in [-0.2, -0.15) is 5.26 Å². The van der Waals surface area contributed by atoms with E-state index in [0.717, 1.165) is 35.6 Å². The van der Waals surface area contributed by atoms with E-state index in [1.165, 1.54) is 6.42 Å². The van der Waals surface area contributed by atoms with Crippen LogP contribution in [0.25, 0.3) is 5.70 Å². The van der Waals surface area contributed by atoms with Gasteiger partial charge in [-0.1, -0.05) is 0 Å². The molecule has 0 saturated heterocycles. The van der Waals surface area contributed by atoms with Gasteiger partial charge in [-0.25, -0.2) is 4.39 Å². The van der Waals surface area contributed by atoms with Crippen molar-refractivity contribution in [2.24, 2.45) is 0 Å². The summed E-state index contributed by atoms with van der Waals surface area (Å²) in [4.78, 5) is 4.29. The fraction of sp³-hybridized carbons (Fsp3) is 0.250. The molecule has 1 heterocycles. The van der Waals surface area contributed by atoms with Crippen molar-refractivity contribution in [2.75, 3.05) is 17.7 Å². The van der Waals surface area contributed by atoms with E-state index < -0.39 is 0 Å². The molecule has 1 aliphatic carbocycles. The van der Waals surface area contributed by atoms with Gasteiger partial charge in [0.1, 0.15) is 11.6 Å². The Hall–Kier alpha value is -2.52. The molecule has 0 atom stereocenters. The molecule has 2 N–H and O–H groups in total. The molecule has 2 aromatic carbocycles. The zero-order valence-corrected chi connectivity index (χ0v) is 15.9. The van der Waals surface area contributed by atoms with Gasteiger partial charge in [0, 0.05) is 30.0 Å². The summed E-state index contributed by atoms with van der Waals surface area (Å²) < 4.78 is 14.6. The molecule has 0 unspecified atom stereocenters. The number of nitrogens with two attached hydrogens (primary N) is 1. The van der Waals surface area contributed by atoms with Crippen LogP contribution in [0.4, 0.5) is 15.8 Å². The molecule has 4 rings (SSSR count). The van der Waals surface area contributed by atoms with E-state index in [2.05, 4.69) is 31.8 Å². The van der Waals surface area contributed by atoms with Crippen molar-refractivity contribution in [3.63, 3.8) is 0 Å². The van der Waals surface area contributed by atoms with Crippen molar-refractivity contribution < 1.29 is 4.39 Å². The molecular formula is C20H18BrFN4. The molecular weight excluding hydrogens is 395 g/mol. The molecule has 132 valence electrons. The number of hydrogen-bond donors (Lipinski definition) is 1. The van der Waals surface area contributed by atoms with Crippen LogP contribution in [0.5, 0.6) is 0 Å². The zero-order valence-electron chi connectivity index (χ0n) is 14.3. The fourth-order valence-corrected chi connectivity index (χ4v) is 3.69. The van der Waals surface area contributed by atoms with Crippen LogP contribution in [-0.4, -0.2) is 18.0 Å². The maximum Gasteiger partial charge on any atom is 0.139 e. The van der Waals surface area contributed by atoms with Crippen LogP contribution in [0.3, 0.4) is 0 Å². The van der Waals surface area contributed by atoms with Crippen LogP contribution in [0.15, 0.2) is 46.7 Å². The minimum absolute atomic E-state index is 0.268. The van der Waals surface area contributed by atoms with Gasteiger partial charge in [-0.05, 0) is 71.6 Å². The average Bonchev–Trinajstić information content (AvgIpc) is 3.23. The summed E-state index contributed by atoms with van der Waals surface area (Å²) in [6.07, 6.45) is 3.36. The minimum Gasteiger partial charge on any atom is -0.398 e. The molecule has 26 heavy (non-hydrogen) atoms. The molecule has 2 aliphatic rings. The summed E-state index contributed by atoms with van der Waals surface area (Å²) in [5, 5.41) is 9.03. The molecule has 0 aromatic heterocycles. The second-order valence-corrected chi connectivity index (χ2v) is 7.55. The highest BCUT2D eigenvalue weighted by Crippen LogP contribution is 2.48. The molecule has 1 fully saturated rings. The third kappa shape index (κ3) is 2.73. The first kappa shape index (κ1) is 16.9. The number of nitrogen functional groups attached to an aromatic ring is 1. The molecule has 0 amide bonds. The van der Waals surface area contributed by atoms with Crippen molar-refractivity contribution in [3.05, 3.63) is 63.6 Å². The van der Waals surface area contributed by atoms with Crippen LogP contribution in [-0.2, 0) is 0 Å². The lowest BCUT2D eigenvalue weighted by Crippen LogP contribution is -2.38. The Balaban J connectivity index is 1.77. The van der Waals surface area contributed by atoms with Gasteiger partial charge in [-0.15, -0.1) is 0 Å². The molecule has 1 aliphatic heterocycles. The zero-order chi connectivity index (χ0) is 18.4. The van der Waals surface area contributed by atoms with Crippen molar-refractivity contribution >= 4 is 33.0 Å². The van der Waals surface area contributed by atoms with Gasteiger partial charge in [0.15, 0.2) is 0 Å². The standard InChI is InChI=1S/C20H18BrFN4/c1-25-19(15-7-5-12(11-23)9-18(15)24)20(25)26(13-3-2-4-13)14-6-8-16(21)17(22)10-14/h5-10,13H,2-4,24H2,1H3. The number of nitriles is 1. The number of benzene rings is 2. The summed E-state index contributed by atoms with van der Waals surface area (Å²) in [7, 11) is 1.99. The lowest BCUT2D eigenvalue weighted by atomic mass is 9.91. The molecule has 6 heteroatoms. The van der Waals surface area contributed by atoms with E-state index >= 15 is 0 Å². The number of halogens is 2. The Morgan fingerprint density at radius 1 is 1.27 bits per heavy atom. The van der Waals surface area contributed by atoms with E-state index in [4.69, 9.17) is 11.0 Å². The Bertz CT molecular complexity index is 959. The Kier molecular flexibility index (Phi) is 4.12. The highest BCUT2D eigenvalue weighted by molar-refractivity contribution is 9.10. The van der Waals surface area contributed by atoms with E-state index in [0.29, 0.717) is 21.8 Å². The normalized spacial score (nSPS) is 16.3. The summed E-state index contributed by atoms with van der Waals surface area (Å²) >= 11 is 3.22. The van der Waals surface area contributed by atoms with E-state index in [1.807, 2.05) is 19.2 Å². The first-order chi connectivity index (χ1) is 12.5. The Morgan fingerprint density at radius 2 is 2.04 bits per heavy atom. The Morgan fingerprint density at radius 3 is 2.62 bits per heavy atom. The van der Waals surface area contributed by atoms with Gasteiger partial charge < -0.3 is 15.5 Å². The fourth-order valence-electron chi connectivity index (χ4n) is 3.44. The monoisotopic (exact) mass is 412 g/mol. The van der Waals surface area contributed by atoms with Crippen LogP contribution in [0, 0.1) is 17.1 Å². The van der Waals surface area contributed by atoms with Crippen LogP contribution in [0.1, 0.15) is 30.4 Å². The molecule has 0 radical (unpaired) electrons. The Labute approximate surface area is 160 Å². The summed E-state index contributed by atoms with van der Waals surface area (Å²) in [5.74, 6) is 0.781. The van der Waals surface area contributed by atoms with Crippen molar-refractivity contribution in [3.8, 4) is 6.07 Å². The third-order valence-electron chi connectivity index (χ3n) is 5.10. The first-order valence-electron chi connectivity index (χ1n) is 8.53. The molecule has 1 saturated carbocycles. The number of rotatable bonds is 4. The summed E-state index contributed by atoms with van der Waals surface area (Å²) in [5.41, 5.74) is 10.1. The second kappa shape index (κ2) is 6.33. The van der Waals surface area contributed by atoms with E-state index in [1.54, 1.807) is 24.3 Å². The highest BCUT2D eigenvalue weighted by atomic mass is 79.9. The smallest absolute Gasteiger partial charge is 0.139 e. The van der Waals surface area contributed by atoms with E-state index in [-0.39, 0.29) is 5.82 Å². The SMILES string of the molecule is CN1C(c2ccc(C#N)cc2N)=C1N(c1ccc(Br)c(F)c1)C1CCC1. The highest BCUT2D eigenvalue weighted by Gasteiger charge is 2.41. The number of nitrogens with zero attached hydrogens (tertiary/aromatic N) is 3. The minimum atomic E-state index is -0.268. The largest absolute Gasteiger partial charge is 0.398 e. The predicted molar refractivity (Wildman–Crippen MR) is 104 cm³/mol. The van der Waals surface area contributed by atoms with Gasteiger partial charge in [0.25, 0.3) is 0 Å². The molecule has 0 bridgehead atoms. The van der Waals surface area contributed by atoms with Crippen LogP contribution < -0.4 is 10.6 Å². The predicted octanol–water partition coefficient (Wildman–Crippen LogP) is 4.67. The van der Waals surface area contributed by atoms with Gasteiger partial charge >= 0.3 is 0 Å². The van der Waals surface area contributed by atoms with Crippen LogP contribution >= 0.6 is 15.9 Å². The van der Waals surface area contributed by atoms with Crippen molar-refractivity contribution in [1.82, 2.24) is 4.90 Å². The topological polar surface area (TPSA) is 56.1 Å². The first-order valence-corrected chi connectivity index (χ1v) is 9.33. The molecule has 2 aromatic rings. The van der Waals surface area contributed by atoms with E-state index in [9.17, 15) is 4.39 Å². The summed E-state index contributed by atoms with van der Waals surface area (Å²) in [6, 6.07) is 13.1. The summed E-state index contributed by atoms with van der Waals surface area (Å²) in [6.45, 7) is 0. The maximum atomic E-state index is 14.1. The average molecular weight is 413 g/mol. The maximum absolute atomic E-state index is 14.1. The van der Waals surface area contributed by atoms with Crippen LogP contribution in [0.2, 0.25) is 0 Å². The molecule has 4 nitrogen and oxygen atoms in total. The lowest BCUT2D eigenvalue weighted by molar-refractivity contribution is 0.396. The van der Waals surface area contributed by atoms with Crippen molar-refractivity contribution in [2.45, 2.75) is 25.3 Å². The van der Waals surface area contributed by atoms with Gasteiger partial charge in [0.2, 0.25) is 0 Å². The number of anilines is 2.